The molecule has 3 rings (SSSR count). The van der Waals surface area contributed by atoms with Gasteiger partial charge in [0.05, 0.1) is 17.0 Å². The normalized spacial score (nSPS) is 18.1. The first-order valence-corrected chi connectivity index (χ1v) is 8.21. The fraction of sp³-hybridized carbons (Fsp3) is 0.286. The fourth-order valence-electron chi connectivity index (χ4n) is 2.32. The SMILES string of the molecule is O=Cc1ccc2nc(N3CCS(=O)(=O)CC3)ccc2c1. The first kappa shape index (κ1) is 13.1. The number of anilines is 1. The Bertz CT molecular complexity index is 757. The minimum absolute atomic E-state index is 0.177. The van der Waals surface area contributed by atoms with Crippen molar-refractivity contribution < 1.29 is 13.2 Å². The number of carbonyl (C=O) groups is 1. The van der Waals surface area contributed by atoms with Crippen LogP contribution in [0.25, 0.3) is 10.9 Å². The Balaban J connectivity index is 1.92. The van der Waals surface area contributed by atoms with Gasteiger partial charge in [-0.2, -0.15) is 0 Å². The molecule has 1 saturated heterocycles. The summed E-state index contributed by atoms with van der Waals surface area (Å²) >= 11 is 0. The van der Waals surface area contributed by atoms with Gasteiger partial charge < -0.3 is 4.90 Å². The predicted molar refractivity (Wildman–Crippen MR) is 78.0 cm³/mol. The van der Waals surface area contributed by atoms with Crippen LogP contribution in [0.4, 0.5) is 5.82 Å². The molecule has 0 bridgehead atoms. The van der Waals surface area contributed by atoms with Gasteiger partial charge in [0.2, 0.25) is 0 Å². The highest BCUT2D eigenvalue weighted by Crippen LogP contribution is 2.20. The van der Waals surface area contributed by atoms with Gasteiger partial charge in [0.15, 0.2) is 9.84 Å². The molecular formula is C14H14N2O3S. The van der Waals surface area contributed by atoms with Crippen molar-refractivity contribution in [1.29, 1.82) is 0 Å². The zero-order valence-corrected chi connectivity index (χ0v) is 11.6. The second kappa shape index (κ2) is 4.86. The second-order valence-electron chi connectivity index (χ2n) is 4.88. The van der Waals surface area contributed by atoms with Crippen molar-refractivity contribution in [2.45, 2.75) is 0 Å². The summed E-state index contributed by atoms with van der Waals surface area (Å²) < 4.78 is 22.9. The highest BCUT2D eigenvalue weighted by molar-refractivity contribution is 7.91. The van der Waals surface area contributed by atoms with Gasteiger partial charge >= 0.3 is 0 Å². The zero-order valence-electron chi connectivity index (χ0n) is 10.8. The standard InChI is InChI=1S/C14H14N2O3S/c17-10-11-1-3-13-12(9-11)2-4-14(15-13)16-5-7-20(18,19)8-6-16/h1-4,9-10H,5-8H2. The molecule has 1 aromatic heterocycles. The first-order chi connectivity index (χ1) is 9.57. The summed E-state index contributed by atoms with van der Waals surface area (Å²) in [5.74, 6) is 1.14. The Morgan fingerprint density at radius 1 is 1.10 bits per heavy atom. The molecule has 0 saturated carbocycles. The molecule has 0 unspecified atom stereocenters. The largest absolute Gasteiger partial charge is 0.355 e. The topological polar surface area (TPSA) is 67.3 Å². The maximum atomic E-state index is 11.4. The molecule has 2 aromatic rings. The highest BCUT2D eigenvalue weighted by Gasteiger charge is 2.22. The Kier molecular flexibility index (Phi) is 3.17. The van der Waals surface area contributed by atoms with Crippen LogP contribution >= 0.6 is 0 Å². The minimum Gasteiger partial charge on any atom is -0.355 e. The summed E-state index contributed by atoms with van der Waals surface area (Å²) in [6.07, 6.45) is 0.808. The summed E-state index contributed by atoms with van der Waals surface area (Å²) in [4.78, 5) is 17.3. The van der Waals surface area contributed by atoms with Crippen molar-refractivity contribution >= 4 is 32.8 Å². The van der Waals surface area contributed by atoms with Crippen molar-refractivity contribution in [3.8, 4) is 0 Å². The maximum Gasteiger partial charge on any atom is 0.153 e. The Hall–Kier alpha value is -1.95. The molecule has 6 heteroatoms. The molecule has 1 aromatic carbocycles. The monoisotopic (exact) mass is 290 g/mol. The number of sulfone groups is 1. The highest BCUT2D eigenvalue weighted by atomic mass is 32.2. The number of aldehydes is 1. The van der Waals surface area contributed by atoms with Crippen molar-refractivity contribution in [2.75, 3.05) is 29.5 Å². The summed E-state index contributed by atoms with van der Waals surface area (Å²) in [6.45, 7) is 0.959. The van der Waals surface area contributed by atoms with E-state index >= 15 is 0 Å². The number of aromatic nitrogens is 1. The first-order valence-electron chi connectivity index (χ1n) is 6.39. The molecule has 0 amide bonds. The Labute approximate surface area is 117 Å². The van der Waals surface area contributed by atoms with Crippen LogP contribution in [0.3, 0.4) is 0 Å². The van der Waals surface area contributed by atoms with Gasteiger partial charge in [0.25, 0.3) is 0 Å². The van der Waals surface area contributed by atoms with Gasteiger partial charge in [-0.15, -0.1) is 0 Å². The van der Waals surface area contributed by atoms with Gasteiger partial charge in [-0.25, -0.2) is 13.4 Å². The number of fused-ring (bicyclic) bond motifs is 1. The lowest BCUT2D eigenvalue weighted by atomic mass is 10.1. The van der Waals surface area contributed by atoms with Gasteiger partial charge in [0, 0.05) is 24.0 Å². The number of carbonyl (C=O) groups excluding carboxylic acids is 1. The van der Waals surface area contributed by atoms with Crippen LogP contribution in [-0.2, 0) is 9.84 Å². The van der Waals surface area contributed by atoms with E-state index in [-0.39, 0.29) is 11.5 Å². The van der Waals surface area contributed by atoms with Gasteiger partial charge in [0.1, 0.15) is 12.1 Å². The van der Waals surface area contributed by atoms with Crippen molar-refractivity contribution in [1.82, 2.24) is 4.98 Å². The molecule has 0 aliphatic carbocycles. The number of rotatable bonds is 2. The zero-order chi connectivity index (χ0) is 14.2. The van der Waals surface area contributed by atoms with E-state index in [1.54, 1.807) is 12.1 Å². The lowest BCUT2D eigenvalue weighted by molar-refractivity contribution is 0.112. The van der Waals surface area contributed by atoms with Gasteiger partial charge in [-0.3, -0.25) is 4.79 Å². The van der Waals surface area contributed by atoms with Crippen LogP contribution in [-0.4, -0.2) is 44.3 Å². The van der Waals surface area contributed by atoms with E-state index in [1.807, 2.05) is 23.1 Å². The molecule has 0 spiro atoms. The number of hydrogen-bond donors (Lipinski definition) is 0. The van der Waals surface area contributed by atoms with Crippen LogP contribution in [0.5, 0.6) is 0 Å². The van der Waals surface area contributed by atoms with Crippen LogP contribution in [0.2, 0.25) is 0 Å². The van der Waals surface area contributed by atoms with Crippen LogP contribution in [0, 0.1) is 0 Å². The smallest absolute Gasteiger partial charge is 0.153 e. The third-order valence-electron chi connectivity index (χ3n) is 3.50. The van der Waals surface area contributed by atoms with Crippen LogP contribution in [0.1, 0.15) is 10.4 Å². The van der Waals surface area contributed by atoms with Crippen LogP contribution < -0.4 is 4.90 Å². The molecule has 1 fully saturated rings. The molecule has 1 aliphatic rings. The number of benzene rings is 1. The number of hydrogen-bond acceptors (Lipinski definition) is 5. The van der Waals surface area contributed by atoms with Crippen molar-refractivity contribution in [3.05, 3.63) is 35.9 Å². The molecular weight excluding hydrogens is 276 g/mol. The lowest BCUT2D eigenvalue weighted by Gasteiger charge is -2.27. The van der Waals surface area contributed by atoms with E-state index in [0.717, 1.165) is 23.0 Å². The molecule has 2 heterocycles. The van der Waals surface area contributed by atoms with E-state index < -0.39 is 9.84 Å². The van der Waals surface area contributed by atoms with Gasteiger partial charge in [-0.05, 0) is 30.3 Å². The summed E-state index contributed by atoms with van der Waals surface area (Å²) in [5.41, 5.74) is 1.43. The van der Waals surface area contributed by atoms with E-state index in [1.165, 1.54) is 0 Å². The number of pyridine rings is 1. The van der Waals surface area contributed by atoms with Crippen molar-refractivity contribution in [2.24, 2.45) is 0 Å². The van der Waals surface area contributed by atoms with E-state index in [0.29, 0.717) is 18.7 Å². The van der Waals surface area contributed by atoms with Gasteiger partial charge in [-0.1, -0.05) is 0 Å². The van der Waals surface area contributed by atoms with Crippen LogP contribution in [0.15, 0.2) is 30.3 Å². The molecule has 104 valence electrons. The van der Waals surface area contributed by atoms with Crippen molar-refractivity contribution in [3.63, 3.8) is 0 Å². The Morgan fingerprint density at radius 2 is 1.85 bits per heavy atom. The Morgan fingerprint density at radius 3 is 2.55 bits per heavy atom. The van der Waals surface area contributed by atoms with E-state index in [9.17, 15) is 13.2 Å². The maximum absolute atomic E-state index is 11.4. The summed E-state index contributed by atoms with van der Waals surface area (Å²) in [5, 5.41) is 0.906. The summed E-state index contributed by atoms with van der Waals surface area (Å²) in [6, 6.07) is 9.11. The predicted octanol–water partition coefficient (Wildman–Crippen LogP) is 1.28. The van der Waals surface area contributed by atoms with E-state index in [4.69, 9.17) is 0 Å². The van der Waals surface area contributed by atoms with E-state index in [2.05, 4.69) is 4.98 Å². The molecule has 1 aliphatic heterocycles. The molecule has 0 atom stereocenters. The fourth-order valence-corrected chi connectivity index (χ4v) is 3.53. The third kappa shape index (κ3) is 2.51. The molecule has 0 radical (unpaired) electrons. The third-order valence-corrected chi connectivity index (χ3v) is 5.11. The molecule has 0 N–H and O–H groups in total. The average Bonchev–Trinajstić information content (AvgIpc) is 2.46. The molecule has 5 nitrogen and oxygen atoms in total. The lowest BCUT2D eigenvalue weighted by Crippen LogP contribution is -2.40. The molecule has 20 heavy (non-hydrogen) atoms. The quantitative estimate of drug-likeness (QED) is 0.779. The number of nitrogens with zero attached hydrogens (tertiary/aromatic N) is 2. The average molecular weight is 290 g/mol. The summed E-state index contributed by atoms with van der Waals surface area (Å²) in [7, 11) is -2.88. The second-order valence-corrected chi connectivity index (χ2v) is 7.18. The minimum atomic E-state index is -2.88.